The first kappa shape index (κ1) is 17.8. The highest BCUT2D eigenvalue weighted by atomic mass is 32.2. The highest BCUT2D eigenvalue weighted by Crippen LogP contribution is 2.44. The number of carbonyl (C=O) groups excluding carboxylic acids is 2. The van der Waals surface area contributed by atoms with Gasteiger partial charge in [0.1, 0.15) is 0 Å². The smallest absolute Gasteiger partial charge is 0.169 e. The van der Waals surface area contributed by atoms with Gasteiger partial charge in [0.05, 0.1) is 11.4 Å². The van der Waals surface area contributed by atoms with Crippen molar-refractivity contribution in [3.8, 4) is 0 Å². The standard InChI is InChI=1S/C20H19NO2S2/c1-15-7-5-6-10-17(15)20(14-22)21(11-12-25-20)19(24)13-18(23)16-8-3-2-4-9-16/h2-10,14H,11-13H2,1H3. The number of carbonyl (C=O) groups is 2. The van der Waals surface area contributed by atoms with E-state index in [2.05, 4.69) is 0 Å². The summed E-state index contributed by atoms with van der Waals surface area (Å²) in [5.74, 6) is 0.777. The molecule has 3 rings (SSSR count). The summed E-state index contributed by atoms with van der Waals surface area (Å²) in [6, 6.07) is 17.0. The number of thiocarbonyl (C=S) groups is 1. The lowest BCUT2D eigenvalue weighted by molar-refractivity contribution is -0.112. The van der Waals surface area contributed by atoms with Gasteiger partial charge in [0.2, 0.25) is 0 Å². The first-order valence-corrected chi connectivity index (χ1v) is 9.53. The molecule has 2 aromatic carbocycles. The molecule has 1 saturated heterocycles. The van der Waals surface area contributed by atoms with Crippen LogP contribution in [0.1, 0.15) is 27.9 Å². The van der Waals surface area contributed by atoms with Crippen molar-refractivity contribution in [3.05, 3.63) is 71.3 Å². The summed E-state index contributed by atoms with van der Waals surface area (Å²) < 4.78 is 0. The summed E-state index contributed by atoms with van der Waals surface area (Å²) in [5.41, 5.74) is 2.64. The highest BCUT2D eigenvalue weighted by molar-refractivity contribution is 8.01. The van der Waals surface area contributed by atoms with Gasteiger partial charge in [-0.1, -0.05) is 66.8 Å². The molecule has 0 amide bonds. The molecular weight excluding hydrogens is 350 g/mol. The van der Waals surface area contributed by atoms with Crippen molar-refractivity contribution >= 4 is 41.0 Å². The van der Waals surface area contributed by atoms with Gasteiger partial charge in [-0.3, -0.25) is 9.59 Å². The zero-order valence-electron chi connectivity index (χ0n) is 14.0. The number of aryl methyl sites for hydroxylation is 1. The fraction of sp³-hybridized carbons (Fsp3) is 0.250. The van der Waals surface area contributed by atoms with Gasteiger partial charge in [-0.25, -0.2) is 0 Å². The van der Waals surface area contributed by atoms with Crippen LogP contribution in [0.15, 0.2) is 54.6 Å². The maximum atomic E-state index is 12.5. The van der Waals surface area contributed by atoms with Gasteiger partial charge in [-0.05, 0) is 18.1 Å². The number of thioether (sulfide) groups is 1. The van der Waals surface area contributed by atoms with Crippen LogP contribution >= 0.6 is 24.0 Å². The highest BCUT2D eigenvalue weighted by Gasteiger charge is 2.45. The van der Waals surface area contributed by atoms with Gasteiger partial charge in [0, 0.05) is 17.9 Å². The largest absolute Gasteiger partial charge is 0.340 e. The predicted octanol–water partition coefficient (Wildman–Crippen LogP) is 4.00. The third-order valence-corrected chi connectivity index (χ3v) is 6.17. The maximum Gasteiger partial charge on any atom is 0.169 e. The molecule has 1 atom stereocenters. The van der Waals surface area contributed by atoms with E-state index in [-0.39, 0.29) is 12.2 Å². The average molecular weight is 370 g/mol. The Morgan fingerprint density at radius 3 is 2.56 bits per heavy atom. The average Bonchev–Trinajstić information content (AvgIpc) is 3.08. The molecule has 0 N–H and O–H groups in total. The Balaban J connectivity index is 1.87. The van der Waals surface area contributed by atoms with Crippen molar-refractivity contribution in [1.82, 2.24) is 4.90 Å². The minimum absolute atomic E-state index is 0.0212. The van der Waals surface area contributed by atoms with Gasteiger partial charge in [-0.2, -0.15) is 0 Å². The minimum atomic E-state index is -0.834. The van der Waals surface area contributed by atoms with Crippen molar-refractivity contribution in [2.75, 3.05) is 12.3 Å². The second-order valence-electron chi connectivity index (χ2n) is 5.99. The molecule has 5 heteroatoms. The molecule has 1 heterocycles. The molecule has 25 heavy (non-hydrogen) atoms. The van der Waals surface area contributed by atoms with E-state index in [0.29, 0.717) is 17.1 Å². The van der Waals surface area contributed by atoms with Crippen LogP contribution in [0.4, 0.5) is 0 Å². The fourth-order valence-electron chi connectivity index (χ4n) is 3.16. The van der Waals surface area contributed by atoms with Crippen LogP contribution in [0.25, 0.3) is 0 Å². The lowest BCUT2D eigenvalue weighted by atomic mass is 9.99. The summed E-state index contributed by atoms with van der Waals surface area (Å²) >= 11 is 7.16. The Hall–Kier alpha value is -1.98. The zero-order chi connectivity index (χ0) is 17.9. The van der Waals surface area contributed by atoms with E-state index in [0.717, 1.165) is 23.2 Å². The van der Waals surface area contributed by atoms with Crippen molar-refractivity contribution < 1.29 is 9.59 Å². The van der Waals surface area contributed by atoms with Crippen molar-refractivity contribution in [2.24, 2.45) is 0 Å². The SMILES string of the molecule is Cc1ccccc1C1(C=O)SCCN1C(=S)CC(=O)c1ccccc1. The summed E-state index contributed by atoms with van der Waals surface area (Å²) in [4.78, 5) is 26.3. The third-order valence-electron chi connectivity index (χ3n) is 4.44. The molecule has 1 unspecified atom stereocenters. The van der Waals surface area contributed by atoms with Crippen molar-refractivity contribution in [2.45, 2.75) is 18.2 Å². The van der Waals surface area contributed by atoms with Gasteiger partial charge in [-0.15, -0.1) is 11.8 Å². The van der Waals surface area contributed by atoms with Crippen LogP contribution in [0.3, 0.4) is 0 Å². The molecule has 1 aliphatic rings. The van der Waals surface area contributed by atoms with E-state index in [1.807, 2.05) is 54.3 Å². The van der Waals surface area contributed by atoms with Crippen LogP contribution < -0.4 is 0 Å². The number of rotatable bonds is 5. The molecule has 2 aromatic rings. The predicted molar refractivity (Wildman–Crippen MR) is 106 cm³/mol. The quantitative estimate of drug-likeness (QED) is 0.452. The fourth-order valence-corrected chi connectivity index (χ4v) is 4.98. The number of benzene rings is 2. The van der Waals surface area contributed by atoms with E-state index < -0.39 is 4.87 Å². The molecule has 1 fully saturated rings. The zero-order valence-corrected chi connectivity index (χ0v) is 15.6. The van der Waals surface area contributed by atoms with Crippen molar-refractivity contribution in [1.29, 1.82) is 0 Å². The molecule has 0 bridgehead atoms. The minimum Gasteiger partial charge on any atom is -0.340 e. The van der Waals surface area contributed by atoms with E-state index in [1.54, 1.807) is 23.9 Å². The van der Waals surface area contributed by atoms with E-state index in [4.69, 9.17) is 12.2 Å². The van der Waals surface area contributed by atoms with E-state index in [9.17, 15) is 9.59 Å². The Morgan fingerprint density at radius 2 is 1.88 bits per heavy atom. The number of hydrogen-bond donors (Lipinski definition) is 0. The molecule has 1 aliphatic heterocycles. The molecule has 0 spiro atoms. The molecule has 128 valence electrons. The number of aldehydes is 1. The lowest BCUT2D eigenvalue weighted by Gasteiger charge is -2.36. The molecule has 0 saturated carbocycles. The monoisotopic (exact) mass is 369 g/mol. The molecule has 0 aliphatic carbocycles. The van der Waals surface area contributed by atoms with Crippen LogP contribution in [-0.4, -0.2) is 34.3 Å². The maximum absolute atomic E-state index is 12.5. The Bertz CT molecular complexity index is 806. The Kier molecular flexibility index (Phi) is 5.35. The first-order chi connectivity index (χ1) is 12.1. The van der Waals surface area contributed by atoms with Crippen LogP contribution in [0.2, 0.25) is 0 Å². The van der Waals surface area contributed by atoms with Gasteiger partial charge < -0.3 is 4.90 Å². The molecule has 0 radical (unpaired) electrons. The number of ketones is 1. The van der Waals surface area contributed by atoms with E-state index in [1.165, 1.54) is 0 Å². The van der Waals surface area contributed by atoms with Gasteiger partial charge in [0.25, 0.3) is 0 Å². The van der Waals surface area contributed by atoms with Crippen molar-refractivity contribution in [3.63, 3.8) is 0 Å². The summed E-state index contributed by atoms with van der Waals surface area (Å²) in [7, 11) is 0. The summed E-state index contributed by atoms with van der Waals surface area (Å²) in [6.07, 6.45) is 1.10. The Morgan fingerprint density at radius 1 is 1.20 bits per heavy atom. The van der Waals surface area contributed by atoms with Crippen LogP contribution in [0, 0.1) is 6.92 Å². The second-order valence-corrected chi connectivity index (χ2v) is 7.78. The van der Waals surface area contributed by atoms with Gasteiger partial charge in [0.15, 0.2) is 16.9 Å². The van der Waals surface area contributed by atoms with Crippen LogP contribution in [0.5, 0.6) is 0 Å². The summed E-state index contributed by atoms with van der Waals surface area (Å²) in [6.45, 7) is 2.66. The second kappa shape index (κ2) is 7.50. The normalized spacial score (nSPS) is 19.6. The topological polar surface area (TPSA) is 37.4 Å². The molecule has 3 nitrogen and oxygen atoms in total. The number of nitrogens with zero attached hydrogens (tertiary/aromatic N) is 1. The molecule has 0 aromatic heterocycles. The number of hydrogen-bond acceptors (Lipinski definition) is 4. The third kappa shape index (κ3) is 3.39. The lowest BCUT2D eigenvalue weighted by Crippen LogP contribution is -2.45. The Labute approximate surface area is 157 Å². The molecular formula is C20H19NO2S2. The summed E-state index contributed by atoms with van der Waals surface area (Å²) in [5, 5.41) is 0. The number of Topliss-reactive ketones (excluding diaryl/α,β-unsaturated/α-hetero) is 1. The van der Waals surface area contributed by atoms with E-state index >= 15 is 0 Å². The van der Waals surface area contributed by atoms with Crippen LogP contribution in [-0.2, 0) is 9.67 Å². The first-order valence-electron chi connectivity index (χ1n) is 8.13. The van der Waals surface area contributed by atoms with Gasteiger partial charge >= 0.3 is 0 Å².